The van der Waals surface area contributed by atoms with Gasteiger partial charge in [-0.3, -0.25) is 14.2 Å². The highest BCUT2D eigenvalue weighted by molar-refractivity contribution is 5.77. The maximum atomic E-state index is 11.4. The predicted octanol–water partition coefficient (Wildman–Crippen LogP) is -0.474. The molecule has 0 aliphatic rings. The minimum absolute atomic E-state index is 0.129. The van der Waals surface area contributed by atoms with E-state index in [-0.39, 0.29) is 12.3 Å². The summed E-state index contributed by atoms with van der Waals surface area (Å²) in [5, 5.41) is 0. The highest BCUT2D eigenvalue weighted by Gasteiger charge is 2.06. The average molecular weight is 196 g/mol. The van der Waals surface area contributed by atoms with Gasteiger partial charge in [0.15, 0.2) is 5.78 Å². The number of nitrogens with zero attached hydrogens (tertiary/aromatic N) is 2. The first-order chi connectivity index (χ1) is 6.56. The Morgan fingerprint density at radius 2 is 2.07 bits per heavy atom. The number of aryl methyl sites for hydroxylation is 1. The summed E-state index contributed by atoms with van der Waals surface area (Å²) in [6.45, 7) is 1.56. The minimum atomic E-state index is -0.459. The smallest absolute Gasteiger partial charge is 0.303 e. The van der Waals surface area contributed by atoms with Crippen LogP contribution in [0, 0.1) is 0 Å². The number of hydrogen-bond acceptors (Lipinski definition) is 3. The zero-order valence-corrected chi connectivity index (χ0v) is 8.19. The van der Waals surface area contributed by atoms with Gasteiger partial charge in [-0.05, 0) is 0 Å². The summed E-state index contributed by atoms with van der Waals surface area (Å²) < 4.78 is 2.20. The maximum absolute atomic E-state index is 11.4. The second-order valence-corrected chi connectivity index (χ2v) is 3.03. The molecule has 1 rings (SSSR count). The number of hydrogen-bond donors (Lipinski definition) is 0. The fraction of sp³-hybridized carbons (Fsp3) is 0.444. The van der Waals surface area contributed by atoms with E-state index in [9.17, 15) is 14.4 Å². The lowest BCUT2D eigenvalue weighted by Crippen LogP contribution is -2.39. The Morgan fingerprint density at radius 1 is 1.43 bits per heavy atom. The van der Waals surface area contributed by atoms with E-state index in [2.05, 4.69) is 0 Å². The molecule has 5 heteroatoms. The standard InChI is InChI=1S/C9H12N2O3/c1-3-7(12)6-11-8(13)4-5-10(2)9(11)14/h4-5H,3,6H2,1-2H3. The van der Waals surface area contributed by atoms with Crippen molar-refractivity contribution in [2.45, 2.75) is 19.9 Å². The Kier molecular flexibility index (Phi) is 3.01. The topological polar surface area (TPSA) is 61.1 Å². The average Bonchev–Trinajstić information content (AvgIpc) is 2.18. The molecule has 0 spiro atoms. The number of rotatable bonds is 3. The molecule has 0 fully saturated rings. The van der Waals surface area contributed by atoms with Gasteiger partial charge in [-0.1, -0.05) is 6.92 Å². The summed E-state index contributed by atoms with van der Waals surface area (Å²) in [6, 6.07) is 1.27. The fourth-order valence-electron chi connectivity index (χ4n) is 1.05. The van der Waals surface area contributed by atoms with Gasteiger partial charge < -0.3 is 4.57 Å². The normalized spacial score (nSPS) is 10.1. The lowest BCUT2D eigenvalue weighted by Gasteiger charge is -2.03. The van der Waals surface area contributed by atoms with E-state index < -0.39 is 11.2 Å². The first-order valence-electron chi connectivity index (χ1n) is 4.34. The third-order valence-electron chi connectivity index (χ3n) is 1.97. The molecule has 0 amide bonds. The van der Waals surface area contributed by atoms with Crippen LogP contribution in [0.5, 0.6) is 0 Å². The predicted molar refractivity (Wildman–Crippen MR) is 51.2 cm³/mol. The summed E-state index contributed by atoms with van der Waals surface area (Å²) >= 11 is 0. The Bertz CT molecular complexity index is 456. The highest BCUT2D eigenvalue weighted by atomic mass is 16.2. The minimum Gasteiger partial charge on any atom is -0.303 e. The number of carbonyl (C=O) groups is 1. The van der Waals surface area contributed by atoms with Crippen LogP contribution in [0.4, 0.5) is 0 Å². The molecule has 76 valence electrons. The molecule has 0 aromatic carbocycles. The summed E-state index contributed by atoms with van der Waals surface area (Å²) in [7, 11) is 1.54. The Balaban J connectivity index is 3.20. The first-order valence-corrected chi connectivity index (χ1v) is 4.34. The van der Waals surface area contributed by atoms with E-state index in [4.69, 9.17) is 0 Å². The van der Waals surface area contributed by atoms with Crippen LogP contribution in [-0.2, 0) is 18.4 Å². The zero-order valence-electron chi connectivity index (χ0n) is 8.19. The monoisotopic (exact) mass is 196 g/mol. The molecule has 0 saturated carbocycles. The van der Waals surface area contributed by atoms with Crippen molar-refractivity contribution in [3.63, 3.8) is 0 Å². The highest BCUT2D eigenvalue weighted by Crippen LogP contribution is 1.83. The van der Waals surface area contributed by atoms with E-state index in [0.29, 0.717) is 6.42 Å². The molecule has 1 aromatic rings. The largest absolute Gasteiger partial charge is 0.331 e. The van der Waals surface area contributed by atoms with Gasteiger partial charge in [0, 0.05) is 25.7 Å². The summed E-state index contributed by atoms with van der Waals surface area (Å²) in [4.78, 5) is 33.7. The van der Waals surface area contributed by atoms with Crippen LogP contribution in [0.15, 0.2) is 21.9 Å². The fourth-order valence-corrected chi connectivity index (χ4v) is 1.05. The van der Waals surface area contributed by atoms with Crippen molar-refractivity contribution in [2.24, 2.45) is 7.05 Å². The molecule has 5 nitrogen and oxygen atoms in total. The zero-order chi connectivity index (χ0) is 10.7. The van der Waals surface area contributed by atoms with Crippen molar-refractivity contribution in [1.29, 1.82) is 0 Å². The molecule has 0 atom stereocenters. The lowest BCUT2D eigenvalue weighted by atomic mass is 10.3. The lowest BCUT2D eigenvalue weighted by molar-refractivity contribution is -0.119. The van der Waals surface area contributed by atoms with E-state index in [0.717, 1.165) is 4.57 Å². The van der Waals surface area contributed by atoms with Crippen LogP contribution in [0.25, 0.3) is 0 Å². The van der Waals surface area contributed by atoms with E-state index in [1.54, 1.807) is 6.92 Å². The van der Waals surface area contributed by atoms with Gasteiger partial charge in [-0.2, -0.15) is 0 Å². The van der Waals surface area contributed by atoms with Crippen molar-refractivity contribution < 1.29 is 4.79 Å². The van der Waals surface area contributed by atoms with Crippen molar-refractivity contribution in [2.75, 3.05) is 0 Å². The van der Waals surface area contributed by atoms with Gasteiger partial charge >= 0.3 is 5.69 Å². The molecular weight excluding hydrogens is 184 g/mol. The summed E-state index contributed by atoms with van der Waals surface area (Å²) in [6.07, 6.45) is 1.71. The maximum Gasteiger partial charge on any atom is 0.331 e. The van der Waals surface area contributed by atoms with Crippen molar-refractivity contribution >= 4 is 5.78 Å². The van der Waals surface area contributed by atoms with Crippen LogP contribution in [0.2, 0.25) is 0 Å². The second kappa shape index (κ2) is 4.04. The third-order valence-corrected chi connectivity index (χ3v) is 1.97. The van der Waals surface area contributed by atoms with Crippen LogP contribution >= 0.6 is 0 Å². The molecule has 1 heterocycles. The number of aromatic nitrogens is 2. The molecule has 0 radical (unpaired) electrons. The SMILES string of the molecule is CCC(=O)Cn1c(=O)ccn(C)c1=O. The molecule has 0 N–H and O–H groups in total. The van der Waals surface area contributed by atoms with Crippen LogP contribution < -0.4 is 11.2 Å². The van der Waals surface area contributed by atoms with Crippen molar-refractivity contribution in [3.8, 4) is 0 Å². The third kappa shape index (κ3) is 1.99. The first kappa shape index (κ1) is 10.4. The van der Waals surface area contributed by atoms with Crippen LogP contribution in [0.3, 0.4) is 0 Å². The van der Waals surface area contributed by atoms with Crippen molar-refractivity contribution in [3.05, 3.63) is 33.1 Å². The Morgan fingerprint density at radius 3 is 2.64 bits per heavy atom. The molecule has 14 heavy (non-hydrogen) atoms. The van der Waals surface area contributed by atoms with E-state index in [1.165, 1.54) is 23.9 Å². The molecule has 0 saturated heterocycles. The molecule has 0 aliphatic carbocycles. The number of ketones is 1. The van der Waals surface area contributed by atoms with Gasteiger partial charge in [0.1, 0.15) is 0 Å². The second-order valence-electron chi connectivity index (χ2n) is 3.03. The summed E-state index contributed by atoms with van der Waals surface area (Å²) in [5.41, 5.74) is -0.894. The van der Waals surface area contributed by atoms with Crippen molar-refractivity contribution in [1.82, 2.24) is 9.13 Å². The van der Waals surface area contributed by atoms with Gasteiger partial charge in [-0.15, -0.1) is 0 Å². The van der Waals surface area contributed by atoms with Gasteiger partial charge in [0.25, 0.3) is 5.56 Å². The summed E-state index contributed by atoms with van der Waals surface area (Å²) in [5.74, 6) is -0.129. The number of Topliss-reactive ketones (excluding diaryl/α,β-unsaturated/α-hetero) is 1. The molecular formula is C9H12N2O3. The molecule has 1 aromatic heterocycles. The van der Waals surface area contributed by atoms with Gasteiger partial charge in [0.2, 0.25) is 0 Å². The van der Waals surface area contributed by atoms with Crippen LogP contribution in [-0.4, -0.2) is 14.9 Å². The van der Waals surface area contributed by atoms with Crippen LogP contribution in [0.1, 0.15) is 13.3 Å². The van der Waals surface area contributed by atoms with Gasteiger partial charge in [-0.25, -0.2) is 4.79 Å². The van der Waals surface area contributed by atoms with E-state index in [1.807, 2.05) is 0 Å². The quantitative estimate of drug-likeness (QED) is 0.656. The number of carbonyl (C=O) groups excluding carboxylic acids is 1. The Hall–Kier alpha value is -1.65. The van der Waals surface area contributed by atoms with Gasteiger partial charge in [0.05, 0.1) is 6.54 Å². The molecule has 0 unspecified atom stereocenters. The Labute approximate surface area is 80.6 Å². The molecule has 0 aliphatic heterocycles. The van der Waals surface area contributed by atoms with E-state index >= 15 is 0 Å². The molecule has 0 bridgehead atoms.